The van der Waals surface area contributed by atoms with Crippen molar-refractivity contribution in [2.45, 2.75) is 13.0 Å². The molecule has 0 bridgehead atoms. The number of carbonyl (C=O) groups excluding carboxylic acids is 2. The van der Waals surface area contributed by atoms with Gasteiger partial charge in [-0.2, -0.15) is 0 Å². The number of benzene rings is 2. The molecular weight excluding hydrogens is 470 g/mol. The van der Waals surface area contributed by atoms with Crippen molar-refractivity contribution in [1.29, 1.82) is 0 Å². The molecule has 1 unspecified atom stereocenters. The predicted octanol–water partition coefficient (Wildman–Crippen LogP) is 5.06. The van der Waals surface area contributed by atoms with Gasteiger partial charge in [-0.1, -0.05) is 28.1 Å². The van der Waals surface area contributed by atoms with Crippen LogP contribution in [0.2, 0.25) is 0 Å². The van der Waals surface area contributed by atoms with Gasteiger partial charge in [0.15, 0.2) is 11.6 Å². The third kappa shape index (κ3) is 3.63. The summed E-state index contributed by atoms with van der Waals surface area (Å²) >= 11 is 3.38. The number of aliphatic hydroxyl groups is 1. The quantitative estimate of drug-likeness (QED) is 0.320. The minimum atomic E-state index is -1.16. The number of ketones is 1. The number of anilines is 1. The van der Waals surface area contributed by atoms with Crippen LogP contribution in [0.25, 0.3) is 5.76 Å². The first-order valence-corrected chi connectivity index (χ1v) is 10.0. The van der Waals surface area contributed by atoms with E-state index in [2.05, 4.69) is 20.9 Å². The minimum absolute atomic E-state index is 0.0131. The molecule has 5 nitrogen and oxygen atoms in total. The highest BCUT2D eigenvalue weighted by Gasteiger charge is 2.47. The summed E-state index contributed by atoms with van der Waals surface area (Å²) in [4.78, 5) is 31.0. The molecule has 2 aromatic carbocycles. The maximum Gasteiger partial charge on any atom is 0.300 e. The van der Waals surface area contributed by atoms with Gasteiger partial charge in [0.05, 0.1) is 11.6 Å². The maximum atomic E-state index is 13.9. The summed E-state index contributed by atoms with van der Waals surface area (Å²) in [6, 6.07) is 10.1. The lowest BCUT2D eigenvalue weighted by atomic mass is 9.95. The van der Waals surface area contributed by atoms with E-state index in [-0.39, 0.29) is 17.0 Å². The zero-order chi connectivity index (χ0) is 22.3. The Morgan fingerprint density at radius 2 is 1.87 bits per heavy atom. The van der Waals surface area contributed by atoms with Crippen LogP contribution < -0.4 is 4.90 Å². The molecular formula is C23H15BrF2N2O3. The molecule has 1 fully saturated rings. The fraction of sp³-hybridized carbons (Fsp3) is 0.0870. The molecule has 1 aliphatic rings. The number of pyridine rings is 1. The van der Waals surface area contributed by atoms with Crippen molar-refractivity contribution in [1.82, 2.24) is 4.98 Å². The molecule has 156 valence electrons. The second kappa shape index (κ2) is 8.03. The molecule has 1 N–H and O–H groups in total. The second-order valence-electron chi connectivity index (χ2n) is 7.02. The largest absolute Gasteiger partial charge is 0.507 e. The Bertz CT molecular complexity index is 1240. The molecule has 1 amide bonds. The lowest BCUT2D eigenvalue weighted by molar-refractivity contribution is -0.132. The first-order valence-electron chi connectivity index (χ1n) is 9.22. The van der Waals surface area contributed by atoms with Crippen molar-refractivity contribution in [3.63, 3.8) is 0 Å². The molecule has 0 saturated carbocycles. The normalized spacial score (nSPS) is 17.9. The molecule has 8 heteroatoms. The van der Waals surface area contributed by atoms with Crippen LogP contribution in [-0.2, 0) is 9.59 Å². The van der Waals surface area contributed by atoms with E-state index in [4.69, 9.17) is 0 Å². The smallest absolute Gasteiger partial charge is 0.300 e. The van der Waals surface area contributed by atoms with Gasteiger partial charge in [0.25, 0.3) is 11.7 Å². The number of hydrogen-bond acceptors (Lipinski definition) is 4. The summed E-state index contributed by atoms with van der Waals surface area (Å²) < 4.78 is 28.2. The molecule has 1 saturated heterocycles. The van der Waals surface area contributed by atoms with Gasteiger partial charge in [-0.05, 0) is 48.4 Å². The average Bonchev–Trinajstić information content (AvgIpc) is 3.03. The van der Waals surface area contributed by atoms with Gasteiger partial charge in [-0.3, -0.25) is 19.5 Å². The van der Waals surface area contributed by atoms with Crippen molar-refractivity contribution in [2.24, 2.45) is 0 Å². The van der Waals surface area contributed by atoms with E-state index in [0.717, 1.165) is 27.1 Å². The number of amides is 1. The van der Waals surface area contributed by atoms with Crippen LogP contribution in [0.5, 0.6) is 0 Å². The number of aliphatic hydroxyl groups excluding tert-OH is 1. The fourth-order valence-corrected chi connectivity index (χ4v) is 3.78. The van der Waals surface area contributed by atoms with Gasteiger partial charge in [-0.25, -0.2) is 8.78 Å². The highest BCUT2D eigenvalue weighted by atomic mass is 79.9. The summed E-state index contributed by atoms with van der Waals surface area (Å²) in [5.74, 6) is -4.50. The Hall–Kier alpha value is -3.39. The van der Waals surface area contributed by atoms with Crippen molar-refractivity contribution in [2.75, 3.05) is 4.90 Å². The van der Waals surface area contributed by atoms with E-state index in [0.29, 0.717) is 11.1 Å². The zero-order valence-electron chi connectivity index (χ0n) is 16.1. The highest BCUT2D eigenvalue weighted by Crippen LogP contribution is 2.42. The number of Topliss-reactive ketones (excluding diaryl/α,β-unsaturated/α-hetero) is 1. The Labute approximate surface area is 184 Å². The molecule has 31 heavy (non-hydrogen) atoms. The van der Waals surface area contributed by atoms with Gasteiger partial charge < -0.3 is 5.11 Å². The minimum Gasteiger partial charge on any atom is -0.507 e. The Morgan fingerprint density at radius 3 is 2.52 bits per heavy atom. The monoisotopic (exact) mass is 484 g/mol. The summed E-state index contributed by atoms with van der Waals surface area (Å²) in [6.45, 7) is 1.82. The number of halogens is 3. The summed E-state index contributed by atoms with van der Waals surface area (Å²) in [5, 5.41) is 11.0. The van der Waals surface area contributed by atoms with Gasteiger partial charge >= 0.3 is 0 Å². The van der Waals surface area contributed by atoms with Crippen molar-refractivity contribution in [3.8, 4) is 0 Å². The SMILES string of the molecule is Cc1cc(/C(O)=C2\C(=O)C(=O)N(c3ccc(F)c(F)c3)C2c2cccnc2)ccc1Br. The fourth-order valence-electron chi connectivity index (χ4n) is 3.53. The van der Waals surface area contributed by atoms with Crippen LogP contribution in [0, 0.1) is 18.6 Å². The van der Waals surface area contributed by atoms with Gasteiger partial charge in [-0.15, -0.1) is 0 Å². The summed E-state index contributed by atoms with van der Waals surface area (Å²) in [5.41, 5.74) is 1.42. The molecule has 1 aromatic heterocycles. The Morgan fingerprint density at radius 1 is 1.10 bits per heavy atom. The number of aromatic nitrogens is 1. The van der Waals surface area contributed by atoms with Crippen LogP contribution in [0.1, 0.15) is 22.7 Å². The molecule has 1 atom stereocenters. The first kappa shape index (κ1) is 20.9. The Balaban J connectivity index is 1.95. The summed E-state index contributed by atoms with van der Waals surface area (Å²) in [6.07, 6.45) is 2.97. The molecule has 0 aliphatic carbocycles. The van der Waals surface area contributed by atoms with E-state index in [1.54, 1.807) is 30.3 Å². The third-order valence-corrected chi connectivity index (χ3v) is 5.95. The van der Waals surface area contributed by atoms with E-state index in [9.17, 15) is 23.5 Å². The number of rotatable bonds is 3. The molecule has 0 spiro atoms. The van der Waals surface area contributed by atoms with Gasteiger partial charge in [0, 0.05) is 34.2 Å². The van der Waals surface area contributed by atoms with Crippen molar-refractivity contribution < 1.29 is 23.5 Å². The van der Waals surface area contributed by atoms with E-state index in [1.807, 2.05) is 6.92 Å². The van der Waals surface area contributed by atoms with Crippen molar-refractivity contribution >= 4 is 39.1 Å². The highest BCUT2D eigenvalue weighted by molar-refractivity contribution is 9.10. The number of aryl methyl sites for hydroxylation is 1. The number of carbonyl (C=O) groups is 2. The maximum absolute atomic E-state index is 13.9. The Kier molecular flexibility index (Phi) is 5.41. The van der Waals surface area contributed by atoms with Crippen LogP contribution in [0.15, 0.2) is 71.0 Å². The number of nitrogens with zero attached hydrogens (tertiary/aromatic N) is 2. The van der Waals surface area contributed by atoms with Crippen LogP contribution in [-0.4, -0.2) is 21.8 Å². The molecule has 2 heterocycles. The molecule has 0 radical (unpaired) electrons. The average molecular weight is 485 g/mol. The number of hydrogen-bond donors (Lipinski definition) is 1. The summed E-state index contributed by atoms with van der Waals surface area (Å²) in [7, 11) is 0. The predicted molar refractivity (Wildman–Crippen MR) is 114 cm³/mol. The van der Waals surface area contributed by atoms with Crippen LogP contribution in [0.4, 0.5) is 14.5 Å². The standard InChI is InChI=1S/C23H15BrF2N2O3/c1-12-9-13(4-6-16(12)24)21(29)19-20(14-3-2-8-27-11-14)28(23(31)22(19)30)15-5-7-17(25)18(26)10-15/h2-11,20,29H,1H3/b21-19+. The molecule has 3 aromatic rings. The molecule has 4 rings (SSSR count). The third-order valence-electron chi connectivity index (χ3n) is 5.06. The lowest BCUT2D eigenvalue weighted by Gasteiger charge is -2.25. The second-order valence-corrected chi connectivity index (χ2v) is 7.87. The van der Waals surface area contributed by atoms with Gasteiger partial charge in [0.2, 0.25) is 0 Å². The van der Waals surface area contributed by atoms with E-state index < -0.39 is 29.4 Å². The van der Waals surface area contributed by atoms with Gasteiger partial charge in [0.1, 0.15) is 5.76 Å². The van der Waals surface area contributed by atoms with Crippen molar-refractivity contribution in [3.05, 3.63) is 99.3 Å². The zero-order valence-corrected chi connectivity index (χ0v) is 17.7. The van der Waals surface area contributed by atoms with E-state index in [1.165, 1.54) is 18.5 Å². The first-order chi connectivity index (χ1) is 14.8. The van der Waals surface area contributed by atoms with Crippen LogP contribution >= 0.6 is 15.9 Å². The lowest BCUT2D eigenvalue weighted by Crippen LogP contribution is -2.29. The van der Waals surface area contributed by atoms with E-state index >= 15 is 0 Å². The topological polar surface area (TPSA) is 70.5 Å². The van der Waals surface area contributed by atoms with Crippen LogP contribution in [0.3, 0.4) is 0 Å². The molecule has 1 aliphatic heterocycles.